The molecule has 0 atom stereocenters. The summed E-state index contributed by atoms with van der Waals surface area (Å²) in [6, 6.07) is 7.08. The third-order valence-electron chi connectivity index (χ3n) is 4.41. The van der Waals surface area contributed by atoms with Crippen molar-refractivity contribution in [3.63, 3.8) is 0 Å². The van der Waals surface area contributed by atoms with E-state index < -0.39 is 11.7 Å². The standard InChI is InChI=1S/C21H31N3O4/c1-21(2,3)28-20(27)22-13-12-18(25)23-16-10-7-11-17(14-16)24-19(26)15-8-5-4-6-9-15/h7,10-11,14-15H,4-6,8-9,12-13H2,1-3H3,(H,22,27)(H,23,25)(H,24,26). The molecule has 7 heteroatoms. The van der Waals surface area contributed by atoms with Gasteiger partial charge in [0, 0.05) is 30.3 Å². The first kappa shape index (κ1) is 21.7. The molecule has 0 unspecified atom stereocenters. The molecule has 1 fully saturated rings. The summed E-state index contributed by atoms with van der Waals surface area (Å²) < 4.78 is 5.12. The molecule has 0 aliphatic heterocycles. The minimum absolute atomic E-state index is 0.0461. The summed E-state index contributed by atoms with van der Waals surface area (Å²) in [7, 11) is 0. The average Bonchev–Trinajstić information content (AvgIpc) is 2.61. The molecule has 1 aliphatic carbocycles. The summed E-state index contributed by atoms with van der Waals surface area (Å²) in [6.07, 6.45) is 4.86. The molecule has 2 rings (SSSR count). The number of nitrogens with one attached hydrogen (secondary N) is 3. The van der Waals surface area contributed by atoms with Gasteiger partial charge in [0.2, 0.25) is 11.8 Å². The van der Waals surface area contributed by atoms with E-state index in [1.54, 1.807) is 45.0 Å². The lowest BCUT2D eigenvalue weighted by Gasteiger charge is -2.21. The van der Waals surface area contributed by atoms with Gasteiger partial charge in [-0.3, -0.25) is 9.59 Å². The Kier molecular flexibility index (Phi) is 7.84. The van der Waals surface area contributed by atoms with Crippen molar-refractivity contribution in [2.24, 2.45) is 5.92 Å². The van der Waals surface area contributed by atoms with Crippen LogP contribution in [0.5, 0.6) is 0 Å². The molecule has 0 saturated heterocycles. The molecule has 3 N–H and O–H groups in total. The lowest BCUT2D eigenvalue weighted by molar-refractivity contribution is -0.120. The lowest BCUT2D eigenvalue weighted by Crippen LogP contribution is -2.34. The van der Waals surface area contributed by atoms with Gasteiger partial charge < -0.3 is 20.7 Å². The second-order valence-corrected chi connectivity index (χ2v) is 8.13. The van der Waals surface area contributed by atoms with Gasteiger partial charge in [-0.2, -0.15) is 0 Å². The molecule has 7 nitrogen and oxygen atoms in total. The number of alkyl carbamates (subject to hydrolysis) is 1. The van der Waals surface area contributed by atoms with Crippen molar-refractivity contribution in [2.75, 3.05) is 17.2 Å². The molecular weight excluding hydrogens is 358 g/mol. The molecule has 28 heavy (non-hydrogen) atoms. The maximum atomic E-state index is 12.4. The van der Waals surface area contributed by atoms with Crippen LogP contribution in [0.1, 0.15) is 59.3 Å². The predicted octanol–water partition coefficient (Wildman–Crippen LogP) is 4.06. The van der Waals surface area contributed by atoms with Crippen molar-refractivity contribution in [1.29, 1.82) is 0 Å². The van der Waals surface area contributed by atoms with Crippen LogP contribution in [0.25, 0.3) is 0 Å². The number of anilines is 2. The summed E-state index contributed by atoms with van der Waals surface area (Å²) in [6.45, 7) is 5.51. The zero-order valence-corrected chi connectivity index (χ0v) is 17.0. The van der Waals surface area contributed by atoms with Crippen LogP contribution in [0.4, 0.5) is 16.2 Å². The van der Waals surface area contributed by atoms with E-state index in [0.29, 0.717) is 11.4 Å². The number of hydrogen-bond acceptors (Lipinski definition) is 4. The third kappa shape index (κ3) is 7.98. The minimum atomic E-state index is -0.575. The van der Waals surface area contributed by atoms with E-state index in [1.165, 1.54) is 6.42 Å². The van der Waals surface area contributed by atoms with Crippen LogP contribution >= 0.6 is 0 Å². The van der Waals surface area contributed by atoms with Gasteiger partial charge in [-0.05, 0) is 51.8 Å². The monoisotopic (exact) mass is 389 g/mol. The highest BCUT2D eigenvalue weighted by Gasteiger charge is 2.21. The van der Waals surface area contributed by atoms with Gasteiger partial charge in [-0.1, -0.05) is 25.3 Å². The zero-order chi connectivity index (χ0) is 20.6. The van der Waals surface area contributed by atoms with E-state index in [2.05, 4.69) is 16.0 Å². The summed E-state index contributed by atoms with van der Waals surface area (Å²) in [5, 5.41) is 8.27. The van der Waals surface area contributed by atoms with Gasteiger partial charge >= 0.3 is 6.09 Å². The number of amides is 3. The van der Waals surface area contributed by atoms with E-state index in [9.17, 15) is 14.4 Å². The fraction of sp³-hybridized carbons (Fsp3) is 0.571. The maximum absolute atomic E-state index is 12.4. The van der Waals surface area contributed by atoms with Gasteiger partial charge in [0.1, 0.15) is 5.60 Å². The number of carbonyl (C=O) groups excluding carboxylic acids is 3. The van der Waals surface area contributed by atoms with Crippen molar-refractivity contribution in [1.82, 2.24) is 5.32 Å². The SMILES string of the molecule is CC(C)(C)OC(=O)NCCC(=O)Nc1cccc(NC(=O)C2CCCCC2)c1. The quantitative estimate of drug-likeness (QED) is 0.683. The Hall–Kier alpha value is -2.57. The first-order valence-electron chi connectivity index (χ1n) is 9.90. The maximum Gasteiger partial charge on any atom is 0.407 e. The number of rotatable bonds is 6. The Labute approximate surface area is 166 Å². The number of hydrogen-bond donors (Lipinski definition) is 3. The van der Waals surface area contributed by atoms with Crippen molar-refractivity contribution < 1.29 is 19.1 Å². The van der Waals surface area contributed by atoms with Gasteiger partial charge in [-0.15, -0.1) is 0 Å². The Balaban J connectivity index is 1.77. The van der Waals surface area contributed by atoms with Crippen LogP contribution < -0.4 is 16.0 Å². The van der Waals surface area contributed by atoms with E-state index in [0.717, 1.165) is 25.7 Å². The molecule has 1 aromatic rings. The molecule has 154 valence electrons. The molecular formula is C21H31N3O4. The Morgan fingerprint density at radius 3 is 2.32 bits per heavy atom. The predicted molar refractivity (Wildman–Crippen MR) is 109 cm³/mol. The van der Waals surface area contributed by atoms with Crippen LogP contribution in [0.2, 0.25) is 0 Å². The van der Waals surface area contributed by atoms with Gasteiger partial charge in [0.05, 0.1) is 0 Å². The summed E-state index contributed by atoms with van der Waals surface area (Å²) in [4.78, 5) is 36.0. The molecule has 0 bridgehead atoms. The summed E-state index contributed by atoms with van der Waals surface area (Å²) >= 11 is 0. The smallest absolute Gasteiger partial charge is 0.407 e. The highest BCUT2D eigenvalue weighted by Crippen LogP contribution is 2.25. The second-order valence-electron chi connectivity index (χ2n) is 8.13. The highest BCUT2D eigenvalue weighted by molar-refractivity contribution is 5.95. The van der Waals surface area contributed by atoms with Crippen LogP contribution in [-0.2, 0) is 14.3 Å². The van der Waals surface area contributed by atoms with Crippen molar-refractivity contribution in [3.05, 3.63) is 24.3 Å². The first-order chi connectivity index (χ1) is 13.2. The molecule has 0 aromatic heterocycles. The van der Waals surface area contributed by atoms with Gasteiger partial charge in [0.25, 0.3) is 0 Å². The molecule has 1 aromatic carbocycles. The Morgan fingerprint density at radius 1 is 1.04 bits per heavy atom. The summed E-state index contributed by atoms with van der Waals surface area (Å²) in [5.74, 6) is -0.109. The Bertz CT molecular complexity index is 691. The number of benzene rings is 1. The van der Waals surface area contributed by atoms with E-state index in [1.807, 2.05) is 0 Å². The zero-order valence-electron chi connectivity index (χ0n) is 17.0. The van der Waals surface area contributed by atoms with Gasteiger partial charge in [0.15, 0.2) is 0 Å². The molecule has 1 saturated carbocycles. The molecule has 0 heterocycles. The van der Waals surface area contributed by atoms with Crippen molar-refractivity contribution in [2.45, 2.75) is 64.9 Å². The van der Waals surface area contributed by atoms with Crippen LogP contribution in [0.3, 0.4) is 0 Å². The third-order valence-corrected chi connectivity index (χ3v) is 4.41. The van der Waals surface area contributed by atoms with Gasteiger partial charge in [-0.25, -0.2) is 4.79 Å². The fourth-order valence-electron chi connectivity index (χ4n) is 3.10. The van der Waals surface area contributed by atoms with Crippen molar-refractivity contribution >= 4 is 29.3 Å². The van der Waals surface area contributed by atoms with Crippen molar-refractivity contribution in [3.8, 4) is 0 Å². The molecule has 1 aliphatic rings. The largest absolute Gasteiger partial charge is 0.444 e. The van der Waals surface area contributed by atoms with E-state index in [-0.39, 0.29) is 30.7 Å². The highest BCUT2D eigenvalue weighted by atomic mass is 16.6. The molecule has 3 amide bonds. The molecule has 0 spiro atoms. The number of carbonyl (C=O) groups is 3. The number of ether oxygens (including phenoxy) is 1. The second kappa shape index (κ2) is 10.1. The lowest BCUT2D eigenvalue weighted by atomic mass is 9.88. The average molecular weight is 389 g/mol. The first-order valence-corrected chi connectivity index (χ1v) is 9.90. The Morgan fingerprint density at radius 2 is 1.68 bits per heavy atom. The minimum Gasteiger partial charge on any atom is -0.444 e. The fourth-order valence-corrected chi connectivity index (χ4v) is 3.10. The summed E-state index contributed by atoms with van der Waals surface area (Å²) in [5.41, 5.74) is 0.693. The van der Waals surface area contributed by atoms with E-state index in [4.69, 9.17) is 4.74 Å². The van der Waals surface area contributed by atoms with Crippen LogP contribution in [0.15, 0.2) is 24.3 Å². The van der Waals surface area contributed by atoms with Crippen LogP contribution in [-0.4, -0.2) is 30.1 Å². The molecule has 0 radical (unpaired) electrons. The normalized spacial score (nSPS) is 14.8. The van der Waals surface area contributed by atoms with Crippen LogP contribution in [0, 0.1) is 5.92 Å². The topological polar surface area (TPSA) is 96.5 Å². The van der Waals surface area contributed by atoms with E-state index >= 15 is 0 Å².